The molecule has 5 nitrogen and oxygen atoms in total. The van der Waals surface area contributed by atoms with Crippen LogP contribution in [0.1, 0.15) is 12.8 Å². The molecular weight excluding hydrogens is 441 g/mol. The van der Waals surface area contributed by atoms with Crippen LogP contribution in [0.3, 0.4) is 0 Å². The van der Waals surface area contributed by atoms with E-state index >= 15 is 0 Å². The Kier molecular flexibility index (Phi) is 7.62. The first-order chi connectivity index (χ1) is 15.7. The van der Waals surface area contributed by atoms with Gasteiger partial charge in [0.05, 0.1) is 6.61 Å². The fourth-order valence-corrected chi connectivity index (χ4v) is 3.80. The summed E-state index contributed by atoms with van der Waals surface area (Å²) >= 11 is 0. The molecule has 6 heteroatoms. The number of fused-ring (bicyclic) bond motifs is 2. The second-order valence-electron chi connectivity index (χ2n) is 7.58. The molecule has 0 saturated heterocycles. The summed E-state index contributed by atoms with van der Waals surface area (Å²) in [6.07, 6.45) is 0.399. The second-order valence-corrected chi connectivity index (χ2v) is 7.58. The van der Waals surface area contributed by atoms with Crippen LogP contribution in [0.15, 0.2) is 89.3 Å². The summed E-state index contributed by atoms with van der Waals surface area (Å²) in [5.41, 5.74) is 4.69. The zero-order valence-corrected chi connectivity index (χ0v) is 21.4. The van der Waals surface area contributed by atoms with Crippen molar-refractivity contribution < 1.29 is 70.4 Å². The third-order valence-corrected chi connectivity index (χ3v) is 5.37. The van der Waals surface area contributed by atoms with Crippen LogP contribution in [0.5, 0.6) is 5.75 Å². The van der Waals surface area contributed by atoms with Crippen LogP contribution in [-0.2, 0) is 4.79 Å². The summed E-state index contributed by atoms with van der Waals surface area (Å²) in [6, 6.07) is 28.0. The number of ether oxygens (including phenoxy) is 1. The minimum absolute atomic E-state index is 0. The summed E-state index contributed by atoms with van der Waals surface area (Å²) in [7, 11) is 0. The number of carboxylic acids is 1. The number of nitrogens with zero attached hydrogens (tertiary/aromatic N) is 1. The number of rotatable bonds is 7. The molecule has 5 rings (SSSR count). The van der Waals surface area contributed by atoms with Crippen LogP contribution >= 0.6 is 0 Å². The number of aromatic nitrogens is 1. The van der Waals surface area contributed by atoms with Crippen molar-refractivity contribution in [3.8, 4) is 28.3 Å². The van der Waals surface area contributed by atoms with Gasteiger partial charge in [0.15, 0.2) is 5.58 Å². The van der Waals surface area contributed by atoms with E-state index in [4.69, 9.17) is 14.1 Å². The van der Waals surface area contributed by atoms with Crippen LogP contribution in [0, 0.1) is 0 Å². The number of carbonyl (C=O) groups excluding carboxylic acids is 1. The van der Waals surface area contributed by atoms with Gasteiger partial charge in [0.2, 0.25) is 5.89 Å². The van der Waals surface area contributed by atoms with Gasteiger partial charge in [0.1, 0.15) is 11.3 Å². The number of aliphatic carboxylic acids is 1. The average Bonchev–Trinajstić information content (AvgIpc) is 3.25. The van der Waals surface area contributed by atoms with Gasteiger partial charge in [-0.1, -0.05) is 48.5 Å². The van der Waals surface area contributed by atoms with Gasteiger partial charge in [0.25, 0.3) is 0 Å². The van der Waals surface area contributed by atoms with Crippen LogP contribution in [0.2, 0.25) is 0 Å². The Hall–Kier alpha value is -2.48. The molecule has 1 aromatic heterocycles. The van der Waals surface area contributed by atoms with E-state index in [9.17, 15) is 9.90 Å². The number of hydrogen-bond donors (Lipinski definition) is 0. The zero-order chi connectivity index (χ0) is 21.9. The maximum Gasteiger partial charge on any atom is 1.00 e. The Morgan fingerprint density at radius 1 is 0.909 bits per heavy atom. The Labute approximate surface area is 233 Å². The molecule has 4 aromatic carbocycles. The fraction of sp³-hybridized carbons (Fsp3) is 0.111. The molecule has 0 aliphatic heterocycles. The Bertz CT molecular complexity index is 1410. The summed E-state index contributed by atoms with van der Waals surface area (Å²) in [5, 5.41) is 12.5. The van der Waals surface area contributed by atoms with Gasteiger partial charge in [-0.25, -0.2) is 4.98 Å². The Morgan fingerprint density at radius 2 is 1.76 bits per heavy atom. The SMILES string of the molecule is O=C([O-])CCCOc1ccc2c(-c3nc4cc(-c5ccccc5)ccc4o3)cccc2c1.[K+]. The molecule has 33 heavy (non-hydrogen) atoms. The third-order valence-electron chi connectivity index (χ3n) is 5.37. The van der Waals surface area contributed by atoms with Gasteiger partial charge in [-0.2, -0.15) is 0 Å². The van der Waals surface area contributed by atoms with Crippen molar-refractivity contribution >= 4 is 27.8 Å². The first kappa shape index (κ1) is 23.7. The zero-order valence-electron chi connectivity index (χ0n) is 18.3. The molecule has 0 spiro atoms. The first-order valence-corrected chi connectivity index (χ1v) is 10.5. The molecule has 0 saturated carbocycles. The van der Waals surface area contributed by atoms with E-state index in [1.807, 2.05) is 72.8 Å². The van der Waals surface area contributed by atoms with E-state index in [-0.39, 0.29) is 57.8 Å². The van der Waals surface area contributed by atoms with Crippen LogP contribution in [0.25, 0.3) is 44.5 Å². The number of benzene rings is 4. The molecular formula is C27H20KNO4. The molecule has 0 aliphatic rings. The van der Waals surface area contributed by atoms with E-state index in [0.717, 1.165) is 38.6 Å². The molecule has 0 fully saturated rings. The van der Waals surface area contributed by atoms with Gasteiger partial charge in [-0.05, 0) is 71.1 Å². The smallest absolute Gasteiger partial charge is 0.550 e. The minimum Gasteiger partial charge on any atom is -0.550 e. The Balaban J connectivity index is 0.00000259. The predicted molar refractivity (Wildman–Crippen MR) is 122 cm³/mol. The molecule has 1 heterocycles. The van der Waals surface area contributed by atoms with Crippen LogP contribution in [-0.4, -0.2) is 17.6 Å². The molecule has 158 valence electrons. The predicted octanol–water partition coefficient (Wildman–Crippen LogP) is 2.23. The van der Waals surface area contributed by atoms with E-state index in [0.29, 0.717) is 24.7 Å². The van der Waals surface area contributed by atoms with Crippen molar-refractivity contribution in [3.05, 3.63) is 84.9 Å². The molecule has 5 aromatic rings. The van der Waals surface area contributed by atoms with Crippen molar-refractivity contribution in [1.29, 1.82) is 0 Å². The van der Waals surface area contributed by atoms with Gasteiger partial charge >= 0.3 is 51.4 Å². The summed E-state index contributed by atoms with van der Waals surface area (Å²) in [6.45, 7) is 0.327. The standard InChI is InChI=1S/C27H21NO4.K/c29-26(30)10-5-15-31-21-12-13-22-20(16-21)8-4-9-23(22)27-28-24-17-19(11-14-25(24)32-27)18-6-2-1-3-7-18;/h1-4,6-9,11-14,16-17H,5,10,15H2,(H,29,30);/q;+1/p-1. The number of carboxylic acid groups (broad SMARTS) is 1. The summed E-state index contributed by atoms with van der Waals surface area (Å²) < 4.78 is 11.8. The Morgan fingerprint density at radius 3 is 2.58 bits per heavy atom. The maximum atomic E-state index is 10.5. The van der Waals surface area contributed by atoms with Gasteiger partial charge in [0, 0.05) is 11.5 Å². The topological polar surface area (TPSA) is 75.4 Å². The van der Waals surface area contributed by atoms with Crippen molar-refractivity contribution in [3.63, 3.8) is 0 Å². The van der Waals surface area contributed by atoms with Gasteiger partial charge in [-0.15, -0.1) is 0 Å². The van der Waals surface area contributed by atoms with Crippen LogP contribution < -0.4 is 61.2 Å². The van der Waals surface area contributed by atoms with E-state index in [2.05, 4.69) is 12.1 Å². The fourth-order valence-electron chi connectivity index (χ4n) is 3.80. The van der Waals surface area contributed by atoms with E-state index in [1.54, 1.807) is 0 Å². The second kappa shape index (κ2) is 10.6. The quantitative estimate of drug-likeness (QED) is 0.275. The largest absolute Gasteiger partial charge is 1.00 e. The molecule has 0 unspecified atom stereocenters. The number of oxazole rings is 1. The summed E-state index contributed by atoms with van der Waals surface area (Å²) in [5.74, 6) is 0.197. The first-order valence-electron chi connectivity index (χ1n) is 10.5. The molecule has 0 atom stereocenters. The van der Waals surface area contributed by atoms with Gasteiger partial charge < -0.3 is 19.1 Å². The molecule has 0 radical (unpaired) electrons. The van der Waals surface area contributed by atoms with Crippen molar-refractivity contribution in [2.45, 2.75) is 12.8 Å². The molecule has 0 amide bonds. The molecule has 0 bridgehead atoms. The maximum absolute atomic E-state index is 10.5. The monoisotopic (exact) mass is 461 g/mol. The van der Waals surface area contributed by atoms with Crippen molar-refractivity contribution in [2.75, 3.05) is 6.61 Å². The van der Waals surface area contributed by atoms with E-state index < -0.39 is 5.97 Å². The van der Waals surface area contributed by atoms with Crippen LogP contribution in [0.4, 0.5) is 0 Å². The molecule has 0 aliphatic carbocycles. The average molecular weight is 462 g/mol. The van der Waals surface area contributed by atoms with E-state index in [1.165, 1.54) is 0 Å². The minimum atomic E-state index is -1.06. The van der Waals surface area contributed by atoms with Crippen molar-refractivity contribution in [1.82, 2.24) is 4.98 Å². The number of carbonyl (C=O) groups is 1. The normalized spacial score (nSPS) is 10.8. The number of hydrogen-bond acceptors (Lipinski definition) is 5. The summed E-state index contributed by atoms with van der Waals surface area (Å²) in [4.78, 5) is 15.3. The third kappa shape index (κ3) is 5.37. The van der Waals surface area contributed by atoms with Crippen molar-refractivity contribution in [2.24, 2.45) is 0 Å². The van der Waals surface area contributed by atoms with Gasteiger partial charge in [-0.3, -0.25) is 0 Å². The molecule has 0 N–H and O–H groups in total.